The second-order valence-electron chi connectivity index (χ2n) is 10.1. The van der Waals surface area contributed by atoms with Gasteiger partial charge in [0.15, 0.2) is 9.84 Å². The lowest BCUT2D eigenvalue weighted by Gasteiger charge is -2.34. The number of nitrogens with two attached hydrogens (primary N) is 1. The molecule has 0 bridgehead atoms. The number of hydrogen-bond acceptors (Lipinski definition) is 9. The summed E-state index contributed by atoms with van der Waals surface area (Å²) >= 11 is 0. The minimum absolute atomic E-state index is 0.128. The molecule has 0 radical (unpaired) electrons. The van der Waals surface area contributed by atoms with Crippen LogP contribution in [0.25, 0.3) is 0 Å². The van der Waals surface area contributed by atoms with Crippen molar-refractivity contribution in [2.75, 3.05) is 30.8 Å². The molecule has 2 aliphatic heterocycles. The van der Waals surface area contributed by atoms with Crippen molar-refractivity contribution in [2.24, 2.45) is 10.7 Å². The van der Waals surface area contributed by atoms with Crippen molar-refractivity contribution in [3.63, 3.8) is 0 Å². The van der Waals surface area contributed by atoms with Crippen LogP contribution in [0, 0.1) is 6.92 Å². The molecule has 5 N–H and O–H groups in total. The molecule has 1 unspecified atom stereocenters. The van der Waals surface area contributed by atoms with E-state index >= 15 is 0 Å². The van der Waals surface area contributed by atoms with Gasteiger partial charge in [0.2, 0.25) is 11.7 Å². The van der Waals surface area contributed by atoms with Crippen LogP contribution in [0.2, 0.25) is 0 Å². The van der Waals surface area contributed by atoms with E-state index in [1.54, 1.807) is 57.5 Å². The Labute approximate surface area is 223 Å². The summed E-state index contributed by atoms with van der Waals surface area (Å²) in [5, 5.41) is 13.7. The third-order valence-corrected chi connectivity index (χ3v) is 9.54. The van der Waals surface area contributed by atoms with E-state index < -0.39 is 20.9 Å². The molecule has 0 aliphatic carbocycles. The van der Waals surface area contributed by atoms with Crippen molar-refractivity contribution in [1.29, 1.82) is 0 Å². The molecule has 0 spiro atoms. The molecule has 5 rings (SSSR count). The fourth-order valence-corrected chi connectivity index (χ4v) is 6.51. The summed E-state index contributed by atoms with van der Waals surface area (Å²) in [7, 11) is -2.00. The van der Waals surface area contributed by atoms with E-state index in [2.05, 4.69) is 40.1 Å². The second kappa shape index (κ2) is 10.0. The van der Waals surface area contributed by atoms with Gasteiger partial charge in [-0.15, -0.1) is 0 Å². The molecule has 2 aromatic carbocycles. The SMILES string of the molecule is COc1cc(C2CCNCC2)c(C)cc1NC1=NC(N)(c2ccccc2S(=O)(=O)C(C)C)n2nccc2N1. The van der Waals surface area contributed by atoms with E-state index in [9.17, 15) is 8.42 Å². The van der Waals surface area contributed by atoms with Crippen LogP contribution in [0.15, 0.2) is 58.5 Å². The van der Waals surface area contributed by atoms with Gasteiger partial charge in [-0.3, -0.25) is 5.73 Å². The average Bonchev–Trinajstić information content (AvgIpc) is 3.39. The number of aromatic nitrogens is 2. The summed E-state index contributed by atoms with van der Waals surface area (Å²) in [4.78, 5) is 4.92. The number of piperidine rings is 1. The minimum Gasteiger partial charge on any atom is -0.495 e. The number of methoxy groups -OCH3 is 1. The minimum atomic E-state index is -3.64. The first kappa shape index (κ1) is 26.2. The topological polar surface area (TPSA) is 136 Å². The van der Waals surface area contributed by atoms with Crippen LogP contribution < -0.4 is 26.4 Å². The number of benzene rings is 2. The van der Waals surface area contributed by atoms with Crippen molar-refractivity contribution < 1.29 is 13.2 Å². The summed E-state index contributed by atoms with van der Waals surface area (Å²) in [6, 6.07) is 12.6. The molecule has 3 aromatic rings. The number of rotatable bonds is 6. The van der Waals surface area contributed by atoms with E-state index in [0.717, 1.165) is 37.2 Å². The van der Waals surface area contributed by atoms with Crippen molar-refractivity contribution >= 4 is 27.3 Å². The molecule has 38 heavy (non-hydrogen) atoms. The van der Waals surface area contributed by atoms with Crippen LogP contribution in [0.4, 0.5) is 11.5 Å². The number of anilines is 2. The Morgan fingerprint density at radius 3 is 2.63 bits per heavy atom. The van der Waals surface area contributed by atoms with E-state index in [4.69, 9.17) is 15.5 Å². The molecule has 1 fully saturated rings. The van der Waals surface area contributed by atoms with Crippen LogP contribution in [-0.4, -0.2) is 49.6 Å². The number of hydrogen-bond donors (Lipinski definition) is 4. The standard InChI is InChI=1S/C27H35N7O3S/c1-17(2)38(35,36)24-8-6-5-7-21(24)27(28)33-26(32-25-11-14-30-34(25)27)31-22-15-18(3)20(16-23(22)37-4)19-9-12-29-13-10-19/h5-8,11,14-17,19,29H,9-10,12-13,28H2,1-4H3,(H2,31,32,33). The molecule has 0 amide bonds. The van der Waals surface area contributed by atoms with Gasteiger partial charge in [-0.25, -0.2) is 18.1 Å². The quantitative estimate of drug-likeness (QED) is 0.376. The lowest BCUT2D eigenvalue weighted by atomic mass is 9.87. The summed E-state index contributed by atoms with van der Waals surface area (Å²) in [5.74, 6) is 0.490. The second-order valence-corrected chi connectivity index (χ2v) is 12.6. The Kier molecular flexibility index (Phi) is 6.93. The van der Waals surface area contributed by atoms with Gasteiger partial charge < -0.3 is 20.7 Å². The molecule has 10 nitrogen and oxygen atoms in total. The van der Waals surface area contributed by atoms with Crippen LogP contribution in [0.1, 0.15) is 49.3 Å². The Bertz CT molecular complexity index is 1480. The van der Waals surface area contributed by atoms with Gasteiger partial charge in [-0.2, -0.15) is 5.10 Å². The van der Waals surface area contributed by atoms with Gasteiger partial charge in [0.25, 0.3) is 0 Å². The number of nitrogens with zero attached hydrogens (tertiary/aromatic N) is 3. The lowest BCUT2D eigenvalue weighted by Crippen LogP contribution is -2.50. The molecular weight excluding hydrogens is 502 g/mol. The first-order valence-electron chi connectivity index (χ1n) is 12.8. The number of aryl methyl sites for hydroxylation is 1. The first-order valence-corrected chi connectivity index (χ1v) is 14.4. The highest BCUT2D eigenvalue weighted by atomic mass is 32.2. The summed E-state index contributed by atoms with van der Waals surface area (Å²) in [6.07, 6.45) is 3.77. The molecule has 1 atom stereocenters. The van der Waals surface area contributed by atoms with Crippen molar-refractivity contribution in [3.8, 4) is 5.75 Å². The van der Waals surface area contributed by atoms with Crippen LogP contribution in [0.3, 0.4) is 0 Å². The monoisotopic (exact) mass is 537 g/mol. The Hall–Kier alpha value is -3.41. The van der Waals surface area contributed by atoms with E-state index in [-0.39, 0.29) is 4.90 Å². The summed E-state index contributed by atoms with van der Waals surface area (Å²) in [5.41, 5.74) is 10.4. The Morgan fingerprint density at radius 1 is 1.18 bits per heavy atom. The van der Waals surface area contributed by atoms with Crippen molar-refractivity contribution in [3.05, 3.63) is 65.4 Å². The molecule has 1 saturated heterocycles. The molecule has 0 saturated carbocycles. The van der Waals surface area contributed by atoms with Crippen LogP contribution in [-0.2, 0) is 15.6 Å². The smallest absolute Gasteiger partial charge is 0.237 e. The fourth-order valence-electron chi connectivity index (χ4n) is 5.21. The maximum Gasteiger partial charge on any atom is 0.237 e. The van der Waals surface area contributed by atoms with E-state index in [1.807, 2.05) is 0 Å². The number of fused-ring (bicyclic) bond motifs is 1. The predicted molar refractivity (Wildman–Crippen MR) is 150 cm³/mol. The van der Waals surface area contributed by atoms with Gasteiger partial charge in [-0.1, -0.05) is 18.2 Å². The van der Waals surface area contributed by atoms with Gasteiger partial charge in [-0.05, 0) is 81.9 Å². The third kappa shape index (κ3) is 4.55. The van der Waals surface area contributed by atoms with Gasteiger partial charge in [0.05, 0.1) is 29.1 Å². The molecular formula is C27H35N7O3S. The highest BCUT2D eigenvalue weighted by Crippen LogP contribution is 2.37. The normalized spacial score (nSPS) is 20.0. The third-order valence-electron chi connectivity index (χ3n) is 7.33. The van der Waals surface area contributed by atoms with Crippen LogP contribution in [0.5, 0.6) is 5.75 Å². The zero-order valence-electron chi connectivity index (χ0n) is 22.2. The predicted octanol–water partition coefficient (Wildman–Crippen LogP) is 3.36. The molecule has 3 heterocycles. The fraction of sp³-hybridized carbons (Fsp3) is 0.407. The maximum absolute atomic E-state index is 13.3. The highest BCUT2D eigenvalue weighted by molar-refractivity contribution is 7.92. The lowest BCUT2D eigenvalue weighted by molar-refractivity contribution is 0.342. The number of sulfone groups is 1. The Morgan fingerprint density at radius 2 is 1.92 bits per heavy atom. The average molecular weight is 538 g/mol. The van der Waals surface area contributed by atoms with E-state index in [1.165, 1.54) is 10.2 Å². The number of guanidine groups is 1. The number of aliphatic imine (C=N–C) groups is 1. The largest absolute Gasteiger partial charge is 0.495 e. The zero-order valence-corrected chi connectivity index (χ0v) is 23.0. The maximum atomic E-state index is 13.3. The van der Waals surface area contributed by atoms with Gasteiger partial charge in [0, 0.05) is 11.6 Å². The van der Waals surface area contributed by atoms with Gasteiger partial charge >= 0.3 is 0 Å². The van der Waals surface area contributed by atoms with Crippen molar-refractivity contribution in [2.45, 2.75) is 55.5 Å². The van der Waals surface area contributed by atoms with Crippen LogP contribution >= 0.6 is 0 Å². The summed E-state index contributed by atoms with van der Waals surface area (Å²) < 4.78 is 33.8. The molecule has 2 aliphatic rings. The van der Waals surface area contributed by atoms with Gasteiger partial charge in [0.1, 0.15) is 11.6 Å². The summed E-state index contributed by atoms with van der Waals surface area (Å²) in [6.45, 7) is 7.42. The Balaban J connectivity index is 1.57. The highest BCUT2D eigenvalue weighted by Gasteiger charge is 2.40. The van der Waals surface area contributed by atoms with Crippen molar-refractivity contribution in [1.82, 2.24) is 15.1 Å². The molecule has 202 valence electrons. The van der Waals surface area contributed by atoms with E-state index in [0.29, 0.717) is 29.0 Å². The molecule has 1 aromatic heterocycles. The zero-order chi connectivity index (χ0) is 27.1. The molecule has 11 heteroatoms. The number of ether oxygens (including phenoxy) is 1. The number of nitrogens with one attached hydrogen (secondary N) is 3. The first-order chi connectivity index (χ1) is 18.1.